The minimum Gasteiger partial charge on any atom is -0.353 e. The predicted molar refractivity (Wildman–Crippen MR) is 74.9 cm³/mol. The van der Waals surface area contributed by atoms with Gasteiger partial charge in [0.2, 0.25) is 0 Å². The summed E-state index contributed by atoms with van der Waals surface area (Å²) in [5.41, 5.74) is 0.242. The lowest BCUT2D eigenvalue weighted by atomic mass is 10.0. The molecular weight excluding hydrogens is 260 g/mol. The molecule has 7 heteroatoms. The third-order valence-electron chi connectivity index (χ3n) is 3.83. The molecule has 1 fully saturated rings. The van der Waals surface area contributed by atoms with Crippen LogP contribution in [0.5, 0.6) is 0 Å². The molecule has 0 bridgehead atoms. The van der Waals surface area contributed by atoms with Crippen LogP contribution in [0.25, 0.3) is 0 Å². The van der Waals surface area contributed by atoms with Gasteiger partial charge in [-0.05, 0) is 26.9 Å². The Kier molecular flexibility index (Phi) is 4.51. The molecular formula is C13H20N4O3. The van der Waals surface area contributed by atoms with Gasteiger partial charge in [-0.3, -0.25) is 19.8 Å². The SMILES string of the molecule is CN(C)C1CCN(CC(=O)c2cc([N+](=O)[O-])c[nH]2)CC1. The highest BCUT2D eigenvalue weighted by Gasteiger charge is 2.23. The highest BCUT2D eigenvalue weighted by molar-refractivity contribution is 5.96. The van der Waals surface area contributed by atoms with Crippen LogP contribution in [0.4, 0.5) is 5.69 Å². The van der Waals surface area contributed by atoms with Crippen molar-refractivity contribution in [3.8, 4) is 0 Å². The number of Topliss-reactive ketones (excluding diaryl/α,β-unsaturated/α-hetero) is 1. The third-order valence-corrected chi connectivity index (χ3v) is 3.83. The molecule has 1 N–H and O–H groups in total. The van der Waals surface area contributed by atoms with Gasteiger partial charge in [-0.25, -0.2) is 0 Å². The normalized spacial score (nSPS) is 17.6. The largest absolute Gasteiger partial charge is 0.353 e. The summed E-state index contributed by atoms with van der Waals surface area (Å²) in [6, 6.07) is 1.88. The van der Waals surface area contributed by atoms with Crippen molar-refractivity contribution in [2.45, 2.75) is 18.9 Å². The van der Waals surface area contributed by atoms with E-state index in [4.69, 9.17) is 0 Å². The molecule has 1 saturated heterocycles. The number of aromatic amines is 1. The van der Waals surface area contributed by atoms with Crippen LogP contribution in [-0.2, 0) is 0 Å². The second-order valence-corrected chi connectivity index (χ2v) is 5.42. The van der Waals surface area contributed by atoms with Crippen molar-refractivity contribution >= 4 is 11.5 Å². The van der Waals surface area contributed by atoms with Gasteiger partial charge in [0.05, 0.1) is 23.4 Å². The van der Waals surface area contributed by atoms with Gasteiger partial charge in [0.1, 0.15) is 0 Å². The zero-order valence-electron chi connectivity index (χ0n) is 11.8. The first kappa shape index (κ1) is 14.7. The standard InChI is InChI=1S/C13H20N4O3/c1-15(2)10-3-5-16(6-4-10)9-13(18)12-7-11(8-14-12)17(19)20/h7-8,10,14H,3-6,9H2,1-2H3. The topological polar surface area (TPSA) is 82.5 Å². The first-order chi connectivity index (χ1) is 9.47. The van der Waals surface area contributed by atoms with Crippen molar-refractivity contribution < 1.29 is 9.72 Å². The van der Waals surface area contributed by atoms with Crippen molar-refractivity contribution in [1.82, 2.24) is 14.8 Å². The van der Waals surface area contributed by atoms with Crippen LogP contribution in [0.2, 0.25) is 0 Å². The average Bonchev–Trinajstić information content (AvgIpc) is 2.89. The summed E-state index contributed by atoms with van der Waals surface area (Å²) in [5.74, 6) is -0.0959. The maximum absolute atomic E-state index is 12.1. The van der Waals surface area contributed by atoms with Gasteiger partial charge in [-0.2, -0.15) is 0 Å². The Morgan fingerprint density at radius 2 is 2.15 bits per heavy atom. The lowest BCUT2D eigenvalue weighted by Gasteiger charge is -2.34. The molecule has 0 radical (unpaired) electrons. The lowest BCUT2D eigenvalue weighted by molar-refractivity contribution is -0.384. The maximum atomic E-state index is 12.1. The quantitative estimate of drug-likeness (QED) is 0.496. The summed E-state index contributed by atoms with van der Waals surface area (Å²) in [7, 11) is 4.15. The van der Waals surface area contributed by atoms with Crippen molar-refractivity contribution in [1.29, 1.82) is 0 Å². The summed E-state index contributed by atoms with van der Waals surface area (Å²) in [4.78, 5) is 29.1. The minimum atomic E-state index is -0.504. The number of nitro groups is 1. The van der Waals surface area contributed by atoms with Crippen LogP contribution in [-0.4, -0.2) is 65.3 Å². The molecule has 7 nitrogen and oxygen atoms in total. The molecule has 0 aliphatic carbocycles. The van der Waals surface area contributed by atoms with Gasteiger partial charge in [0.15, 0.2) is 5.78 Å². The van der Waals surface area contributed by atoms with Crippen LogP contribution in [0.15, 0.2) is 12.3 Å². The van der Waals surface area contributed by atoms with Gasteiger partial charge in [-0.15, -0.1) is 0 Å². The molecule has 110 valence electrons. The maximum Gasteiger partial charge on any atom is 0.287 e. The van der Waals surface area contributed by atoms with Gasteiger partial charge in [0, 0.05) is 25.2 Å². The van der Waals surface area contributed by atoms with E-state index in [1.807, 2.05) is 0 Å². The van der Waals surface area contributed by atoms with Crippen LogP contribution >= 0.6 is 0 Å². The number of carbonyl (C=O) groups is 1. The number of hydrogen-bond acceptors (Lipinski definition) is 5. The third kappa shape index (κ3) is 3.43. The number of ketones is 1. The Morgan fingerprint density at radius 3 is 2.65 bits per heavy atom. The second-order valence-electron chi connectivity index (χ2n) is 5.42. The fraction of sp³-hybridized carbons (Fsp3) is 0.615. The number of hydrogen-bond donors (Lipinski definition) is 1. The first-order valence-corrected chi connectivity index (χ1v) is 6.72. The molecule has 1 aromatic heterocycles. The number of likely N-dealkylation sites (tertiary alicyclic amines) is 1. The van der Waals surface area contributed by atoms with Gasteiger partial charge < -0.3 is 9.88 Å². The van der Waals surface area contributed by atoms with Gasteiger partial charge in [0.25, 0.3) is 5.69 Å². The van der Waals surface area contributed by atoms with E-state index in [0.717, 1.165) is 25.9 Å². The lowest BCUT2D eigenvalue weighted by Crippen LogP contribution is -2.43. The van der Waals surface area contributed by atoms with Crippen molar-refractivity contribution in [2.75, 3.05) is 33.7 Å². The Morgan fingerprint density at radius 1 is 1.50 bits per heavy atom. The van der Waals surface area contributed by atoms with E-state index in [1.54, 1.807) is 0 Å². The Bertz CT molecular complexity index is 490. The number of nitrogens with one attached hydrogen (secondary N) is 1. The van der Waals surface area contributed by atoms with E-state index < -0.39 is 4.92 Å². The molecule has 0 amide bonds. The van der Waals surface area contributed by atoms with Crippen molar-refractivity contribution in [3.05, 3.63) is 28.1 Å². The molecule has 1 aliphatic rings. The number of carbonyl (C=O) groups excluding carboxylic acids is 1. The summed E-state index contributed by atoms with van der Waals surface area (Å²) >= 11 is 0. The fourth-order valence-corrected chi connectivity index (χ4v) is 2.53. The molecule has 20 heavy (non-hydrogen) atoms. The zero-order chi connectivity index (χ0) is 14.7. The number of nitrogens with zero attached hydrogens (tertiary/aromatic N) is 3. The predicted octanol–water partition coefficient (Wildman–Crippen LogP) is 1.13. The summed E-state index contributed by atoms with van der Waals surface area (Å²) in [6.45, 7) is 2.09. The number of piperidine rings is 1. The highest BCUT2D eigenvalue weighted by Crippen LogP contribution is 2.16. The summed E-state index contributed by atoms with van der Waals surface area (Å²) in [6.07, 6.45) is 3.35. The van der Waals surface area contributed by atoms with E-state index in [1.165, 1.54) is 12.3 Å². The zero-order valence-corrected chi connectivity index (χ0v) is 11.8. The monoisotopic (exact) mass is 280 g/mol. The molecule has 1 aromatic rings. The van der Waals surface area contributed by atoms with Crippen LogP contribution in [0.3, 0.4) is 0 Å². The molecule has 0 spiro atoms. The Hall–Kier alpha value is -1.73. The number of H-pyrrole nitrogens is 1. The molecule has 0 aromatic carbocycles. The van der Waals surface area contributed by atoms with Gasteiger partial charge in [-0.1, -0.05) is 0 Å². The molecule has 0 saturated carbocycles. The first-order valence-electron chi connectivity index (χ1n) is 6.72. The van der Waals surface area contributed by atoms with Gasteiger partial charge >= 0.3 is 0 Å². The van der Waals surface area contributed by atoms with Crippen LogP contribution in [0.1, 0.15) is 23.3 Å². The van der Waals surface area contributed by atoms with Crippen LogP contribution in [0, 0.1) is 10.1 Å². The smallest absolute Gasteiger partial charge is 0.287 e. The fourth-order valence-electron chi connectivity index (χ4n) is 2.53. The summed E-state index contributed by atoms with van der Waals surface area (Å²) < 4.78 is 0. The average molecular weight is 280 g/mol. The van der Waals surface area contributed by atoms with E-state index >= 15 is 0 Å². The van der Waals surface area contributed by atoms with E-state index in [2.05, 4.69) is 28.9 Å². The molecule has 2 heterocycles. The number of aromatic nitrogens is 1. The Labute approximate surface area is 117 Å². The highest BCUT2D eigenvalue weighted by atomic mass is 16.6. The molecule has 1 aliphatic heterocycles. The molecule has 0 unspecified atom stereocenters. The number of rotatable bonds is 5. The van der Waals surface area contributed by atoms with E-state index in [-0.39, 0.29) is 11.5 Å². The summed E-state index contributed by atoms with van der Waals surface area (Å²) in [5, 5.41) is 10.6. The molecule has 2 rings (SSSR count). The van der Waals surface area contributed by atoms with Crippen molar-refractivity contribution in [3.63, 3.8) is 0 Å². The minimum absolute atomic E-state index is 0.0698. The van der Waals surface area contributed by atoms with Crippen molar-refractivity contribution in [2.24, 2.45) is 0 Å². The second kappa shape index (κ2) is 6.15. The van der Waals surface area contributed by atoms with E-state index in [0.29, 0.717) is 18.3 Å². The van der Waals surface area contributed by atoms with Crippen LogP contribution < -0.4 is 0 Å². The van der Waals surface area contributed by atoms with E-state index in [9.17, 15) is 14.9 Å². The Balaban J connectivity index is 1.87. The molecule has 0 atom stereocenters.